The number of benzene rings is 1. The number of anilines is 1. The Labute approximate surface area is 180 Å². The third-order valence-electron chi connectivity index (χ3n) is 6.63. The van der Waals surface area contributed by atoms with Gasteiger partial charge in [0.1, 0.15) is 0 Å². The van der Waals surface area contributed by atoms with E-state index in [2.05, 4.69) is 65.0 Å². The third-order valence-corrected chi connectivity index (χ3v) is 6.63. The molecule has 2 bridgehead atoms. The van der Waals surface area contributed by atoms with Gasteiger partial charge in [-0.15, -0.1) is 0 Å². The lowest BCUT2D eigenvalue weighted by Crippen LogP contribution is -2.47. The third kappa shape index (κ3) is 3.93. The Morgan fingerprint density at radius 1 is 1.10 bits per heavy atom. The maximum atomic E-state index is 4.81. The number of aliphatic imine (C=N–C) groups is 1. The summed E-state index contributed by atoms with van der Waals surface area (Å²) in [5.41, 5.74) is 6.20. The molecule has 4 heteroatoms. The summed E-state index contributed by atoms with van der Waals surface area (Å²) in [7, 11) is 0. The molecule has 0 spiro atoms. The Morgan fingerprint density at radius 3 is 2.67 bits per heavy atom. The lowest BCUT2D eigenvalue weighted by atomic mass is 9.95. The van der Waals surface area contributed by atoms with Crippen molar-refractivity contribution in [3.63, 3.8) is 0 Å². The first-order chi connectivity index (χ1) is 14.7. The van der Waals surface area contributed by atoms with E-state index in [4.69, 9.17) is 4.99 Å². The molecule has 1 aromatic carbocycles. The van der Waals surface area contributed by atoms with E-state index in [1.807, 2.05) is 18.5 Å². The number of hydrogen-bond acceptors (Lipinski definition) is 4. The standard InChI is InChI=1S/C26H32N4/c1-19(2)16-29-17-25-14-24(29)18-30(25)23-9-7-20(8-10-23)13-21-5-4-12-28-26(21)22-6-3-11-27-15-22/h3,6-11,13,15,19,24-25H,4-5,12,14,16-18H2,1-2H3/b21-13+/t24-,25-/m0/s1. The number of likely N-dealkylation sites (tertiary alicyclic amines) is 1. The molecule has 156 valence electrons. The van der Waals surface area contributed by atoms with Crippen LogP contribution < -0.4 is 4.90 Å². The van der Waals surface area contributed by atoms with E-state index in [1.54, 1.807) is 0 Å². The average molecular weight is 401 g/mol. The summed E-state index contributed by atoms with van der Waals surface area (Å²) in [6.45, 7) is 9.20. The van der Waals surface area contributed by atoms with Crippen molar-refractivity contribution in [2.45, 2.75) is 45.2 Å². The SMILES string of the molecule is CC(C)CN1C[C@@H]2C[C@H]1CN2c1ccc(/C=C2\CCCN=C2c2cccnc2)cc1. The van der Waals surface area contributed by atoms with Crippen LogP contribution in [0.15, 0.2) is 59.4 Å². The van der Waals surface area contributed by atoms with Gasteiger partial charge < -0.3 is 4.90 Å². The fourth-order valence-electron chi connectivity index (χ4n) is 5.32. The van der Waals surface area contributed by atoms with Crippen molar-refractivity contribution in [3.8, 4) is 0 Å². The molecule has 1 aromatic heterocycles. The maximum absolute atomic E-state index is 4.81. The number of aromatic nitrogens is 1. The van der Waals surface area contributed by atoms with E-state index < -0.39 is 0 Å². The highest BCUT2D eigenvalue weighted by Gasteiger charge is 2.43. The van der Waals surface area contributed by atoms with Gasteiger partial charge >= 0.3 is 0 Å². The van der Waals surface area contributed by atoms with Crippen LogP contribution in [0.1, 0.15) is 44.2 Å². The zero-order chi connectivity index (χ0) is 20.5. The van der Waals surface area contributed by atoms with Crippen LogP contribution in [0.2, 0.25) is 0 Å². The van der Waals surface area contributed by atoms with Crippen LogP contribution in [0.5, 0.6) is 0 Å². The normalized spacial score (nSPS) is 25.4. The number of piperazine rings is 1. The zero-order valence-corrected chi connectivity index (χ0v) is 18.2. The predicted octanol–water partition coefficient (Wildman–Crippen LogP) is 4.67. The highest BCUT2D eigenvalue weighted by atomic mass is 15.3. The molecule has 3 aliphatic heterocycles. The molecule has 0 radical (unpaired) electrons. The predicted molar refractivity (Wildman–Crippen MR) is 125 cm³/mol. The second-order valence-electron chi connectivity index (χ2n) is 9.38. The van der Waals surface area contributed by atoms with Crippen molar-refractivity contribution in [1.82, 2.24) is 9.88 Å². The van der Waals surface area contributed by atoms with E-state index >= 15 is 0 Å². The molecule has 3 aliphatic rings. The van der Waals surface area contributed by atoms with Crippen LogP contribution in [0.3, 0.4) is 0 Å². The van der Waals surface area contributed by atoms with Gasteiger partial charge in [-0.05, 0) is 66.7 Å². The number of nitrogens with zero attached hydrogens (tertiary/aromatic N) is 4. The minimum atomic E-state index is 0.681. The second-order valence-corrected chi connectivity index (χ2v) is 9.38. The summed E-state index contributed by atoms with van der Waals surface area (Å²) >= 11 is 0. The molecule has 30 heavy (non-hydrogen) atoms. The van der Waals surface area contributed by atoms with E-state index in [0.29, 0.717) is 6.04 Å². The Hall–Kier alpha value is -2.46. The molecule has 4 nitrogen and oxygen atoms in total. The number of fused-ring (bicyclic) bond motifs is 2. The highest BCUT2D eigenvalue weighted by molar-refractivity contribution is 6.15. The first-order valence-corrected chi connectivity index (χ1v) is 11.4. The first-order valence-electron chi connectivity index (χ1n) is 11.4. The maximum Gasteiger partial charge on any atom is 0.0694 e. The molecule has 0 N–H and O–H groups in total. The van der Waals surface area contributed by atoms with Gasteiger partial charge in [-0.2, -0.15) is 0 Å². The molecule has 0 unspecified atom stereocenters. The van der Waals surface area contributed by atoms with Crippen molar-refractivity contribution in [2.75, 3.05) is 31.1 Å². The van der Waals surface area contributed by atoms with Gasteiger partial charge in [0, 0.05) is 61.9 Å². The van der Waals surface area contributed by atoms with E-state index in [9.17, 15) is 0 Å². The van der Waals surface area contributed by atoms with Crippen molar-refractivity contribution in [1.29, 1.82) is 0 Å². The van der Waals surface area contributed by atoms with Gasteiger partial charge in [-0.1, -0.05) is 26.0 Å². The molecule has 0 amide bonds. The van der Waals surface area contributed by atoms with Crippen molar-refractivity contribution < 1.29 is 0 Å². The van der Waals surface area contributed by atoms with Crippen LogP contribution in [0.25, 0.3) is 6.08 Å². The number of pyridine rings is 1. The molecule has 2 atom stereocenters. The molecule has 0 saturated carbocycles. The van der Waals surface area contributed by atoms with Crippen molar-refractivity contribution in [2.24, 2.45) is 10.9 Å². The summed E-state index contributed by atoms with van der Waals surface area (Å²) in [5.74, 6) is 0.755. The molecule has 4 heterocycles. The zero-order valence-electron chi connectivity index (χ0n) is 18.2. The average Bonchev–Trinajstić information content (AvgIpc) is 3.35. The second kappa shape index (κ2) is 8.35. The van der Waals surface area contributed by atoms with Crippen LogP contribution in [-0.4, -0.2) is 53.9 Å². The number of hydrogen-bond donors (Lipinski definition) is 0. The fraction of sp³-hybridized carbons (Fsp3) is 0.462. The van der Waals surface area contributed by atoms with Crippen LogP contribution in [0.4, 0.5) is 5.69 Å². The largest absolute Gasteiger partial charge is 0.366 e. The van der Waals surface area contributed by atoms with Gasteiger partial charge in [0.25, 0.3) is 0 Å². The molecule has 2 aromatic rings. The molecular weight excluding hydrogens is 368 g/mol. The summed E-state index contributed by atoms with van der Waals surface area (Å²) in [4.78, 5) is 14.4. The van der Waals surface area contributed by atoms with Gasteiger partial charge in [0.15, 0.2) is 0 Å². The monoisotopic (exact) mass is 400 g/mol. The lowest BCUT2D eigenvalue weighted by molar-refractivity contribution is 0.214. The smallest absolute Gasteiger partial charge is 0.0694 e. The fourth-order valence-corrected chi connectivity index (χ4v) is 5.32. The van der Waals surface area contributed by atoms with E-state index in [0.717, 1.165) is 42.6 Å². The Kier molecular flexibility index (Phi) is 5.43. The summed E-state index contributed by atoms with van der Waals surface area (Å²) in [6.07, 6.45) is 9.58. The topological polar surface area (TPSA) is 31.7 Å². The van der Waals surface area contributed by atoms with Crippen LogP contribution >= 0.6 is 0 Å². The highest BCUT2D eigenvalue weighted by Crippen LogP contribution is 2.35. The van der Waals surface area contributed by atoms with E-state index in [1.165, 1.54) is 42.9 Å². The molecule has 2 saturated heterocycles. The number of allylic oxidation sites excluding steroid dienone is 1. The quantitative estimate of drug-likeness (QED) is 0.731. The minimum absolute atomic E-state index is 0.681. The first kappa shape index (κ1) is 19.5. The summed E-state index contributed by atoms with van der Waals surface area (Å²) in [5, 5.41) is 0. The van der Waals surface area contributed by atoms with Gasteiger partial charge in [-0.25, -0.2) is 0 Å². The van der Waals surface area contributed by atoms with Crippen molar-refractivity contribution >= 4 is 17.5 Å². The van der Waals surface area contributed by atoms with Gasteiger partial charge in [0.05, 0.1) is 5.71 Å². The van der Waals surface area contributed by atoms with Crippen molar-refractivity contribution in [3.05, 3.63) is 65.5 Å². The Bertz CT molecular complexity index is 929. The minimum Gasteiger partial charge on any atom is -0.366 e. The summed E-state index contributed by atoms with van der Waals surface area (Å²) in [6, 6.07) is 14.7. The van der Waals surface area contributed by atoms with Gasteiger partial charge in [-0.3, -0.25) is 14.9 Å². The molecule has 0 aliphatic carbocycles. The molecule has 2 fully saturated rings. The molecular formula is C26H32N4. The Morgan fingerprint density at radius 2 is 1.97 bits per heavy atom. The Balaban J connectivity index is 1.30. The molecule has 5 rings (SSSR count). The summed E-state index contributed by atoms with van der Waals surface area (Å²) < 4.78 is 0. The lowest BCUT2D eigenvalue weighted by Gasteiger charge is -2.36. The van der Waals surface area contributed by atoms with Gasteiger partial charge in [0.2, 0.25) is 0 Å². The van der Waals surface area contributed by atoms with E-state index in [-0.39, 0.29) is 0 Å². The number of rotatable bonds is 5. The van der Waals surface area contributed by atoms with Crippen LogP contribution in [0, 0.1) is 5.92 Å². The van der Waals surface area contributed by atoms with Crippen LogP contribution in [-0.2, 0) is 0 Å².